The minimum absolute atomic E-state index is 0.0423. The number of benzene rings is 3. The molecule has 4 rings (SSSR count). The zero-order chi connectivity index (χ0) is 24.2. The van der Waals surface area contributed by atoms with Gasteiger partial charge in [0.25, 0.3) is 11.7 Å². The van der Waals surface area contributed by atoms with Gasteiger partial charge in [-0.1, -0.05) is 43.3 Å². The normalized spacial score (nSPS) is 17.1. The van der Waals surface area contributed by atoms with E-state index in [-0.39, 0.29) is 11.3 Å². The smallest absolute Gasteiger partial charge is 0.300 e. The molecule has 1 unspecified atom stereocenters. The van der Waals surface area contributed by atoms with Gasteiger partial charge in [-0.3, -0.25) is 14.5 Å². The van der Waals surface area contributed by atoms with Gasteiger partial charge in [-0.05, 0) is 54.8 Å². The Hall–Kier alpha value is -4.06. The van der Waals surface area contributed by atoms with Crippen molar-refractivity contribution >= 4 is 23.1 Å². The van der Waals surface area contributed by atoms with E-state index in [4.69, 9.17) is 9.47 Å². The summed E-state index contributed by atoms with van der Waals surface area (Å²) >= 11 is 0. The van der Waals surface area contributed by atoms with Crippen molar-refractivity contribution in [2.75, 3.05) is 18.6 Å². The highest BCUT2D eigenvalue weighted by Gasteiger charge is 2.47. The van der Waals surface area contributed by atoms with Crippen LogP contribution in [0.5, 0.6) is 11.5 Å². The number of carbonyl (C=O) groups is 2. The van der Waals surface area contributed by atoms with Crippen molar-refractivity contribution in [3.05, 3.63) is 95.1 Å². The minimum atomic E-state index is -0.787. The summed E-state index contributed by atoms with van der Waals surface area (Å²) in [6, 6.07) is 20.7. The number of aliphatic hydroxyl groups is 1. The molecule has 3 aromatic rings. The van der Waals surface area contributed by atoms with Crippen LogP contribution in [0.3, 0.4) is 0 Å². The second kappa shape index (κ2) is 9.83. The summed E-state index contributed by atoms with van der Waals surface area (Å²) in [5.41, 5.74) is 2.53. The van der Waals surface area contributed by atoms with Gasteiger partial charge in [0.2, 0.25) is 0 Å². The van der Waals surface area contributed by atoms with E-state index in [1.165, 1.54) is 4.90 Å². The van der Waals surface area contributed by atoms with Crippen LogP contribution in [0.2, 0.25) is 0 Å². The molecule has 0 saturated carbocycles. The lowest BCUT2D eigenvalue weighted by Crippen LogP contribution is -2.29. The maximum absolute atomic E-state index is 13.3. The van der Waals surface area contributed by atoms with Crippen LogP contribution in [-0.2, 0) is 9.59 Å². The first-order valence-corrected chi connectivity index (χ1v) is 11.2. The van der Waals surface area contributed by atoms with E-state index in [0.717, 1.165) is 12.0 Å². The fourth-order valence-electron chi connectivity index (χ4n) is 4.17. The molecule has 0 spiro atoms. The molecule has 1 saturated heterocycles. The van der Waals surface area contributed by atoms with Gasteiger partial charge < -0.3 is 14.6 Å². The standard InChI is InChI=1S/C28H27NO5/c1-4-15-34-22-12-8-11-21(17-22)29-25(19-9-6-5-7-10-19)24(27(31)28(29)32)26(30)20-13-14-23(33-3)18(2)16-20/h5-14,16-17,25,30H,4,15H2,1-3H3/b26-24+. The monoisotopic (exact) mass is 457 g/mol. The number of methoxy groups -OCH3 is 1. The third-order valence-electron chi connectivity index (χ3n) is 5.80. The van der Waals surface area contributed by atoms with E-state index >= 15 is 0 Å². The Morgan fingerprint density at radius 3 is 2.44 bits per heavy atom. The Labute approximate surface area is 199 Å². The number of nitrogens with zero attached hydrogens (tertiary/aromatic N) is 1. The van der Waals surface area contributed by atoms with Gasteiger partial charge in [-0.15, -0.1) is 0 Å². The second-order valence-electron chi connectivity index (χ2n) is 8.11. The van der Waals surface area contributed by atoms with E-state index in [1.807, 2.05) is 50.2 Å². The van der Waals surface area contributed by atoms with Crippen LogP contribution in [0.25, 0.3) is 5.76 Å². The third-order valence-corrected chi connectivity index (χ3v) is 5.80. The van der Waals surface area contributed by atoms with Crippen LogP contribution >= 0.6 is 0 Å². The summed E-state index contributed by atoms with van der Waals surface area (Å²) in [6.07, 6.45) is 0.847. The van der Waals surface area contributed by atoms with Gasteiger partial charge in [0.1, 0.15) is 17.3 Å². The zero-order valence-electron chi connectivity index (χ0n) is 19.4. The Kier molecular flexibility index (Phi) is 6.68. The second-order valence-corrected chi connectivity index (χ2v) is 8.11. The van der Waals surface area contributed by atoms with Crippen molar-refractivity contribution in [1.29, 1.82) is 0 Å². The summed E-state index contributed by atoms with van der Waals surface area (Å²) in [4.78, 5) is 28.0. The summed E-state index contributed by atoms with van der Waals surface area (Å²) < 4.78 is 11.0. The van der Waals surface area contributed by atoms with Gasteiger partial charge in [0.15, 0.2) is 0 Å². The first kappa shape index (κ1) is 23.1. The number of Topliss-reactive ketones (excluding diaryl/α,β-unsaturated/α-hetero) is 1. The molecule has 1 aliphatic heterocycles. The van der Waals surface area contributed by atoms with Crippen molar-refractivity contribution in [2.24, 2.45) is 0 Å². The molecule has 6 heteroatoms. The molecule has 6 nitrogen and oxygen atoms in total. The van der Waals surface area contributed by atoms with E-state index < -0.39 is 17.7 Å². The van der Waals surface area contributed by atoms with Gasteiger partial charge in [0, 0.05) is 17.3 Å². The van der Waals surface area contributed by atoms with Crippen LogP contribution in [0, 0.1) is 6.92 Å². The van der Waals surface area contributed by atoms with Crippen molar-refractivity contribution < 1.29 is 24.2 Å². The third kappa shape index (κ3) is 4.27. The maximum Gasteiger partial charge on any atom is 0.300 e. The molecular formula is C28H27NO5. The van der Waals surface area contributed by atoms with Gasteiger partial charge in [-0.2, -0.15) is 0 Å². The van der Waals surface area contributed by atoms with Gasteiger partial charge in [0.05, 0.1) is 25.3 Å². The lowest BCUT2D eigenvalue weighted by Gasteiger charge is -2.26. The fourth-order valence-corrected chi connectivity index (χ4v) is 4.17. The first-order chi connectivity index (χ1) is 16.5. The predicted octanol–water partition coefficient (Wildman–Crippen LogP) is 5.42. The first-order valence-electron chi connectivity index (χ1n) is 11.2. The molecule has 1 heterocycles. The predicted molar refractivity (Wildman–Crippen MR) is 131 cm³/mol. The largest absolute Gasteiger partial charge is 0.507 e. The number of anilines is 1. The number of ether oxygens (including phenoxy) is 2. The molecule has 3 aromatic carbocycles. The molecule has 0 aliphatic carbocycles. The van der Waals surface area contributed by atoms with E-state index in [0.29, 0.717) is 34.9 Å². The number of aryl methyl sites for hydroxylation is 1. The summed E-state index contributed by atoms with van der Waals surface area (Å²) in [6.45, 7) is 4.41. The van der Waals surface area contributed by atoms with Crippen LogP contribution < -0.4 is 14.4 Å². The van der Waals surface area contributed by atoms with Gasteiger partial charge in [-0.25, -0.2) is 0 Å². The average molecular weight is 458 g/mol. The molecule has 174 valence electrons. The molecule has 1 N–H and O–H groups in total. The summed E-state index contributed by atoms with van der Waals surface area (Å²) in [7, 11) is 1.57. The zero-order valence-corrected chi connectivity index (χ0v) is 19.4. The van der Waals surface area contributed by atoms with E-state index in [1.54, 1.807) is 43.5 Å². The number of amides is 1. The molecule has 0 aromatic heterocycles. The summed E-state index contributed by atoms with van der Waals surface area (Å²) in [5, 5.41) is 11.3. The molecule has 1 atom stereocenters. The highest BCUT2D eigenvalue weighted by molar-refractivity contribution is 6.51. The van der Waals surface area contributed by atoms with Crippen LogP contribution in [-0.4, -0.2) is 30.5 Å². The topological polar surface area (TPSA) is 76.1 Å². The number of hydrogen-bond donors (Lipinski definition) is 1. The lowest BCUT2D eigenvalue weighted by molar-refractivity contribution is -0.132. The van der Waals surface area contributed by atoms with Crippen molar-refractivity contribution in [2.45, 2.75) is 26.3 Å². The number of hydrogen-bond acceptors (Lipinski definition) is 5. The molecular weight excluding hydrogens is 430 g/mol. The minimum Gasteiger partial charge on any atom is -0.507 e. The SMILES string of the molecule is CCCOc1cccc(N2C(=O)C(=O)/C(=C(/O)c3ccc(OC)c(C)c3)C2c2ccccc2)c1. The number of carbonyl (C=O) groups excluding carboxylic acids is 2. The maximum atomic E-state index is 13.3. The highest BCUT2D eigenvalue weighted by atomic mass is 16.5. The van der Waals surface area contributed by atoms with Crippen molar-refractivity contribution in [3.8, 4) is 11.5 Å². The van der Waals surface area contributed by atoms with Crippen LogP contribution in [0.15, 0.2) is 78.4 Å². The fraction of sp³-hybridized carbons (Fsp3) is 0.214. The molecule has 0 radical (unpaired) electrons. The quantitative estimate of drug-likeness (QED) is 0.291. The Balaban J connectivity index is 1.88. The Morgan fingerprint density at radius 1 is 1.00 bits per heavy atom. The van der Waals surface area contributed by atoms with Crippen molar-refractivity contribution in [3.63, 3.8) is 0 Å². The Bertz CT molecular complexity index is 1250. The van der Waals surface area contributed by atoms with E-state index in [2.05, 4.69) is 0 Å². The van der Waals surface area contributed by atoms with E-state index in [9.17, 15) is 14.7 Å². The molecule has 1 fully saturated rings. The molecule has 34 heavy (non-hydrogen) atoms. The van der Waals surface area contributed by atoms with Crippen LogP contribution in [0.4, 0.5) is 5.69 Å². The lowest BCUT2D eigenvalue weighted by atomic mass is 9.94. The summed E-state index contributed by atoms with van der Waals surface area (Å²) in [5.74, 6) is -0.383. The molecule has 1 aliphatic rings. The molecule has 0 bridgehead atoms. The van der Waals surface area contributed by atoms with Crippen LogP contribution in [0.1, 0.15) is 36.1 Å². The number of rotatable bonds is 7. The number of aliphatic hydroxyl groups excluding tert-OH is 1. The number of ketones is 1. The highest BCUT2D eigenvalue weighted by Crippen LogP contribution is 2.43. The molecule has 1 amide bonds. The van der Waals surface area contributed by atoms with Crippen molar-refractivity contribution in [1.82, 2.24) is 0 Å². The van der Waals surface area contributed by atoms with Gasteiger partial charge >= 0.3 is 0 Å². The Morgan fingerprint density at radius 2 is 1.76 bits per heavy atom. The average Bonchev–Trinajstić information content (AvgIpc) is 3.13.